The summed E-state index contributed by atoms with van der Waals surface area (Å²) < 4.78 is 1.36. The number of pyridine rings is 2. The molecule has 2 N–H and O–H groups in total. The minimum atomic E-state index is -0.294. The van der Waals surface area contributed by atoms with Crippen LogP contribution in [0.25, 0.3) is 16.6 Å². The van der Waals surface area contributed by atoms with Crippen LogP contribution >= 0.6 is 0 Å². The largest absolute Gasteiger partial charge is 0.348 e. The summed E-state index contributed by atoms with van der Waals surface area (Å²) in [7, 11) is 0. The molecule has 5 rings (SSSR count). The lowest BCUT2D eigenvalue weighted by Crippen LogP contribution is -2.36. The summed E-state index contributed by atoms with van der Waals surface area (Å²) in [6.07, 6.45) is 4.77. The fourth-order valence-electron chi connectivity index (χ4n) is 4.33. The first kappa shape index (κ1) is 19.4. The highest BCUT2D eigenvalue weighted by Gasteiger charge is 2.25. The van der Waals surface area contributed by atoms with Crippen LogP contribution in [-0.4, -0.2) is 49.3 Å². The Morgan fingerprint density at radius 2 is 1.97 bits per heavy atom. The zero-order chi connectivity index (χ0) is 21.2. The number of nitrogens with one attached hydrogen (secondary N) is 2. The molecule has 3 aromatic heterocycles. The van der Waals surface area contributed by atoms with Crippen molar-refractivity contribution in [3.8, 4) is 5.69 Å². The van der Waals surface area contributed by atoms with E-state index in [1.165, 1.54) is 10.7 Å². The van der Waals surface area contributed by atoms with Gasteiger partial charge in [-0.3, -0.25) is 14.8 Å². The Bertz CT molecular complexity index is 1310. The minimum absolute atomic E-state index is 0.167. The maximum atomic E-state index is 12.7. The number of para-hydroxylation sites is 1. The van der Waals surface area contributed by atoms with Crippen LogP contribution in [0.1, 0.15) is 30.3 Å². The molecule has 0 saturated carbocycles. The molecule has 0 radical (unpaired) electrons. The predicted molar refractivity (Wildman–Crippen MR) is 119 cm³/mol. The topological polar surface area (TPSA) is 99.7 Å². The molecule has 1 unspecified atom stereocenters. The number of benzene rings is 1. The standard InChI is InChI=1S/C23H24N6O2/c30-20-10-9-16-5-3-8-19(21(16)25-20)29-23(31)26-22(27-29)17-6-4-13-28(15-17)14-11-18-7-1-2-12-24-18/h1-3,5,7-10,12,17H,4,6,11,13-15H2,(H,25,30)(H,26,27,31). The van der Waals surface area contributed by atoms with Crippen LogP contribution in [0.5, 0.6) is 0 Å². The van der Waals surface area contributed by atoms with Gasteiger partial charge in [-0.1, -0.05) is 18.2 Å². The fraction of sp³-hybridized carbons (Fsp3) is 0.304. The van der Waals surface area contributed by atoms with Gasteiger partial charge in [-0.2, -0.15) is 4.68 Å². The molecule has 1 atom stereocenters. The first-order valence-electron chi connectivity index (χ1n) is 10.6. The Labute approximate surface area is 178 Å². The molecular formula is C23H24N6O2. The highest BCUT2D eigenvalue weighted by Crippen LogP contribution is 2.25. The van der Waals surface area contributed by atoms with Crippen LogP contribution in [0.15, 0.2) is 64.3 Å². The van der Waals surface area contributed by atoms with Crippen molar-refractivity contribution >= 4 is 10.9 Å². The Morgan fingerprint density at radius 1 is 1.03 bits per heavy atom. The molecule has 1 aliphatic rings. The molecule has 1 aliphatic heterocycles. The van der Waals surface area contributed by atoms with Crippen molar-refractivity contribution in [1.82, 2.24) is 29.6 Å². The van der Waals surface area contributed by atoms with Gasteiger partial charge in [-0.05, 0) is 43.7 Å². The van der Waals surface area contributed by atoms with Crippen molar-refractivity contribution in [1.29, 1.82) is 0 Å². The predicted octanol–water partition coefficient (Wildman–Crippen LogP) is 2.22. The molecule has 31 heavy (non-hydrogen) atoms. The van der Waals surface area contributed by atoms with Crippen LogP contribution in [0, 0.1) is 0 Å². The van der Waals surface area contributed by atoms with Gasteiger partial charge < -0.3 is 9.88 Å². The Kier molecular flexibility index (Phi) is 5.21. The van der Waals surface area contributed by atoms with Crippen LogP contribution in [-0.2, 0) is 6.42 Å². The summed E-state index contributed by atoms with van der Waals surface area (Å²) in [5, 5.41) is 5.48. The van der Waals surface area contributed by atoms with Gasteiger partial charge in [0.25, 0.3) is 0 Å². The minimum Gasteiger partial charge on any atom is -0.320 e. The van der Waals surface area contributed by atoms with Gasteiger partial charge in [0.05, 0.1) is 11.2 Å². The van der Waals surface area contributed by atoms with Crippen molar-refractivity contribution in [2.24, 2.45) is 0 Å². The summed E-state index contributed by atoms with van der Waals surface area (Å²) in [5.74, 6) is 0.864. The van der Waals surface area contributed by atoms with Crippen LogP contribution in [0.2, 0.25) is 0 Å². The van der Waals surface area contributed by atoms with Crippen LogP contribution < -0.4 is 11.2 Å². The third kappa shape index (κ3) is 4.06. The highest BCUT2D eigenvalue weighted by molar-refractivity contribution is 5.85. The summed E-state index contributed by atoms with van der Waals surface area (Å²) in [4.78, 5) is 37.2. The molecule has 158 valence electrons. The lowest BCUT2D eigenvalue weighted by atomic mass is 9.97. The number of H-pyrrole nitrogens is 2. The zero-order valence-corrected chi connectivity index (χ0v) is 17.1. The van der Waals surface area contributed by atoms with E-state index in [9.17, 15) is 9.59 Å². The second-order valence-corrected chi connectivity index (χ2v) is 8.00. The molecule has 8 heteroatoms. The molecule has 8 nitrogen and oxygen atoms in total. The smallest absolute Gasteiger partial charge is 0.320 e. The van der Waals surface area contributed by atoms with E-state index in [2.05, 4.69) is 31.0 Å². The van der Waals surface area contributed by atoms with Crippen LogP contribution in [0.4, 0.5) is 0 Å². The van der Waals surface area contributed by atoms with E-state index in [1.54, 1.807) is 12.1 Å². The van der Waals surface area contributed by atoms with Gasteiger partial charge >= 0.3 is 5.69 Å². The second-order valence-electron chi connectivity index (χ2n) is 8.00. The molecule has 0 amide bonds. The molecule has 1 fully saturated rings. The van der Waals surface area contributed by atoms with E-state index in [4.69, 9.17) is 0 Å². The van der Waals surface area contributed by atoms with Crippen molar-refractivity contribution in [2.45, 2.75) is 25.2 Å². The summed E-state index contributed by atoms with van der Waals surface area (Å²) in [5.41, 5.74) is 1.77. The van der Waals surface area contributed by atoms with E-state index < -0.39 is 0 Å². The Hall–Kier alpha value is -3.52. The lowest BCUT2D eigenvalue weighted by Gasteiger charge is -2.31. The molecule has 0 bridgehead atoms. The number of piperidine rings is 1. The molecule has 1 aromatic carbocycles. The van der Waals surface area contributed by atoms with Crippen molar-refractivity contribution in [2.75, 3.05) is 19.6 Å². The number of likely N-dealkylation sites (tertiary alicyclic amines) is 1. The summed E-state index contributed by atoms with van der Waals surface area (Å²) >= 11 is 0. The van der Waals surface area contributed by atoms with E-state index in [0.29, 0.717) is 17.0 Å². The summed E-state index contributed by atoms with van der Waals surface area (Å²) in [6, 6.07) is 14.8. The maximum Gasteiger partial charge on any atom is 0.348 e. The number of nitrogens with zero attached hydrogens (tertiary/aromatic N) is 4. The van der Waals surface area contributed by atoms with Gasteiger partial charge in [-0.15, -0.1) is 5.10 Å². The number of aromatic amines is 2. The quantitative estimate of drug-likeness (QED) is 0.520. The van der Waals surface area contributed by atoms with Gasteiger partial charge in [0.15, 0.2) is 0 Å². The maximum absolute atomic E-state index is 12.7. The number of rotatable bonds is 5. The van der Waals surface area contributed by atoms with Crippen molar-refractivity contribution < 1.29 is 0 Å². The summed E-state index contributed by atoms with van der Waals surface area (Å²) in [6.45, 7) is 2.83. The number of fused-ring (bicyclic) bond motifs is 1. The first-order valence-corrected chi connectivity index (χ1v) is 10.6. The average molecular weight is 416 g/mol. The van der Waals surface area contributed by atoms with E-state index in [-0.39, 0.29) is 17.2 Å². The van der Waals surface area contributed by atoms with Gasteiger partial charge in [-0.25, -0.2) is 4.79 Å². The van der Waals surface area contributed by atoms with Crippen molar-refractivity contribution in [3.63, 3.8) is 0 Å². The molecule has 0 spiro atoms. The molecule has 4 aromatic rings. The Morgan fingerprint density at radius 3 is 2.84 bits per heavy atom. The average Bonchev–Trinajstić information content (AvgIpc) is 3.19. The van der Waals surface area contributed by atoms with Gasteiger partial charge in [0, 0.05) is 48.8 Å². The molecule has 1 saturated heterocycles. The molecule has 4 heterocycles. The van der Waals surface area contributed by atoms with E-state index >= 15 is 0 Å². The number of aromatic nitrogens is 5. The highest BCUT2D eigenvalue weighted by atomic mass is 16.2. The fourth-order valence-corrected chi connectivity index (χ4v) is 4.33. The normalized spacial score (nSPS) is 17.2. The number of hydrogen-bond acceptors (Lipinski definition) is 5. The first-order chi connectivity index (χ1) is 15.2. The molecular weight excluding hydrogens is 392 g/mol. The third-order valence-corrected chi connectivity index (χ3v) is 5.90. The molecule has 0 aliphatic carbocycles. The second kappa shape index (κ2) is 8.31. The zero-order valence-electron chi connectivity index (χ0n) is 17.1. The van der Waals surface area contributed by atoms with Gasteiger partial charge in [0.2, 0.25) is 5.56 Å². The van der Waals surface area contributed by atoms with E-state index in [1.807, 2.05) is 30.5 Å². The lowest BCUT2D eigenvalue weighted by molar-refractivity contribution is 0.206. The number of hydrogen-bond donors (Lipinski definition) is 2. The monoisotopic (exact) mass is 416 g/mol. The van der Waals surface area contributed by atoms with Crippen molar-refractivity contribution in [3.05, 3.63) is 87.1 Å². The van der Waals surface area contributed by atoms with E-state index in [0.717, 1.165) is 50.0 Å². The van der Waals surface area contributed by atoms with Crippen LogP contribution in [0.3, 0.4) is 0 Å². The SMILES string of the molecule is O=c1ccc2cccc(-n3nc(C4CCCN(CCc5ccccn5)C4)[nH]c3=O)c2[nH]1. The third-order valence-electron chi connectivity index (χ3n) is 5.90. The Balaban J connectivity index is 1.38. The van der Waals surface area contributed by atoms with Gasteiger partial charge in [0.1, 0.15) is 5.82 Å².